The number of benzene rings is 8. The molecule has 13 rings (SSSR count). The van der Waals surface area contributed by atoms with Crippen LogP contribution in [0.3, 0.4) is 0 Å². The number of phenolic OH excluding ortho intramolecular Hbond substituents is 2. The van der Waals surface area contributed by atoms with E-state index in [0.29, 0.717) is 104 Å². The SMILES string of the molecule is CO.COc1ccc(N)c(Cl)c1.COc1ccc(N2C(=O)c3ccccc3C2=O)c(Cl)c1.COc1ccc(N=C2NC(=O)CS2)c(Cl)c1.CSC1=NC(=O)CS1.NN.Nc1ccc(O)cc1Cl.O=C1OC(=O)c2ccccc21.O=C1c2ccccc2C(=O)N1c1ccc(O)cc1Cl. The molecule has 8 aromatic carbocycles. The predicted octanol–water partition coefficient (Wildman–Crippen LogP) is 12.2. The number of nitrogen functional groups attached to an aromatic ring is 2. The normalized spacial score (nSPS) is 13.6. The van der Waals surface area contributed by atoms with Crippen molar-refractivity contribution >= 4 is 179 Å². The number of imide groups is 2. The van der Waals surface area contributed by atoms with Crippen LogP contribution in [0, 0.1) is 0 Å². The van der Waals surface area contributed by atoms with Gasteiger partial charge in [0.05, 0.1) is 120 Å². The minimum atomic E-state index is -0.550. The van der Waals surface area contributed by atoms with Crippen molar-refractivity contribution in [1.29, 1.82) is 0 Å². The third-order valence-corrected chi connectivity index (χ3v) is 17.0. The highest BCUT2D eigenvalue weighted by molar-refractivity contribution is 8.39. The lowest BCUT2D eigenvalue weighted by atomic mass is 10.1. The van der Waals surface area contributed by atoms with Gasteiger partial charge in [0.15, 0.2) is 5.17 Å². The van der Waals surface area contributed by atoms with Gasteiger partial charge in [0, 0.05) is 37.4 Å². The summed E-state index contributed by atoms with van der Waals surface area (Å²) in [7, 11) is 5.68. The molecule has 1 saturated heterocycles. The Morgan fingerprint density at radius 2 is 0.876 bits per heavy atom. The Bertz CT molecular complexity index is 4200. The number of hydrogen-bond donors (Lipinski definition) is 8. The van der Waals surface area contributed by atoms with Gasteiger partial charge in [0.1, 0.15) is 33.1 Å². The van der Waals surface area contributed by atoms with Gasteiger partial charge in [-0.15, -0.1) is 11.8 Å². The summed E-state index contributed by atoms with van der Waals surface area (Å²) in [6, 6.07) is 43.6. The first-order valence-corrected chi connectivity index (χ1v) is 32.4. The van der Waals surface area contributed by atoms with Gasteiger partial charge >= 0.3 is 11.9 Å². The molecule has 0 aromatic heterocycles. The van der Waals surface area contributed by atoms with Crippen LogP contribution < -0.4 is 52.5 Å². The Morgan fingerprint density at radius 3 is 1.23 bits per heavy atom. The van der Waals surface area contributed by atoms with Gasteiger partial charge in [-0.05, 0) is 103 Å². The van der Waals surface area contributed by atoms with E-state index in [1.165, 1.54) is 72.7 Å². The number of aromatic hydroxyl groups is 2. The van der Waals surface area contributed by atoms with Gasteiger partial charge in [-0.3, -0.25) is 40.5 Å². The number of rotatable bonds is 6. The minimum absolute atomic E-state index is 0.000602. The number of anilines is 4. The molecule has 32 heteroatoms. The number of carbonyl (C=O) groups excluding carboxylic acids is 8. The molecule has 0 atom stereocenters. The zero-order chi connectivity index (χ0) is 71.6. The molecule has 0 aliphatic carbocycles. The number of amidine groups is 1. The van der Waals surface area contributed by atoms with Crippen molar-refractivity contribution in [2.45, 2.75) is 0 Å². The van der Waals surface area contributed by atoms with E-state index >= 15 is 0 Å². The van der Waals surface area contributed by atoms with Crippen LogP contribution in [0.25, 0.3) is 0 Å². The van der Waals surface area contributed by atoms with Gasteiger partial charge in [-0.2, -0.15) is 4.99 Å². The molecule has 0 unspecified atom stereocenters. The summed E-state index contributed by atoms with van der Waals surface area (Å²) < 4.78 is 20.2. The van der Waals surface area contributed by atoms with Crippen LogP contribution in [0.2, 0.25) is 25.1 Å². The number of nitrogens with zero attached hydrogens (tertiary/aromatic N) is 4. The van der Waals surface area contributed by atoms with E-state index in [4.69, 9.17) is 93.9 Å². The number of hydrogen-bond acceptors (Lipinski definition) is 23. The Kier molecular flexibility index (Phi) is 31.0. The first-order chi connectivity index (χ1) is 46.5. The molecule has 6 amide bonds. The number of amides is 6. The van der Waals surface area contributed by atoms with Crippen molar-refractivity contribution in [3.8, 4) is 28.7 Å². The molecule has 5 aliphatic heterocycles. The maximum Gasteiger partial charge on any atom is 0.346 e. The molecule has 0 bridgehead atoms. The maximum atomic E-state index is 12.3. The Labute approximate surface area is 592 Å². The van der Waals surface area contributed by atoms with E-state index in [-0.39, 0.29) is 45.8 Å². The fourth-order valence-corrected chi connectivity index (χ4v) is 11.1. The van der Waals surface area contributed by atoms with E-state index in [1.807, 2.05) is 6.26 Å². The number of ether oxygens (including phenoxy) is 4. The average Bonchev–Trinajstić information content (AvgIpc) is 1.63. The van der Waals surface area contributed by atoms with Crippen molar-refractivity contribution in [2.24, 2.45) is 21.7 Å². The maximum absolute atomic E-state index is 12.3. The zero-order valence-corrected chi connectivity index (χ0v) is 57.7. The smallest absolute Gasteiger partial charge is 0.346 e. The number of nitrogens with two attached hydrogens (primary N) is 4. The monoisotopic (exact) mass is 1480 g/mol. The molecule has 0 radical (unpaired) electrons. The van der Waals surface area contributed by atoms with E-state index in [2.05, 4.69) is 31.7 Å². The molecule has 12 N–H and O–H groups in total. The first-order valence-electron chi connectivity index (χ1n) is 27.3. The molecule has 5 heterocycles. The van der Waals surface area contributed by atoms with Crippen LogP contribution in [-0.2, 0) is 14.3 Å². The summed E-state index contributed by atoms with van der Waals surface area (Å²) in [6.07, 6.45) is 1.92. The number of esters is 2. The van der Waals surface area contributed by atoms with Crippen LogP contribution >= 0.6 is 93.3 Å². The van der Waals surface area contributed by atoms with Gasteiger partial charge in [-0.1, -0.05) is 118 Å². The lowest BCUT2D eigenvalue weighted by molar-refractivity contribution is -0.117. The highest BCUT2D eigenvalue weighted by atomic mass is 35.5. The molecule has 506 valence electrons. The molecule has 24 nitrogen and oxygen atoms in total. The third-order valence-electron chi connectivity index (χ3n) is 12.6. The van der Waals surface area contributed by atoms with Crippen molar-refractivity contribution in [3.63, 3.8) is 0 Å². The number of cyclic esters (lactones) is 2. The van der Waals surface area contributed by atoms with E-state index in [0.717, 1.165) is 27.0 Å². The molecule has 8 aromatic rings. The van der Waals surface area contributed by atoms with Crippen LogP contribution in [0.1, 0.15) is 62.1 Å². The van der Waals surface area contributed by atoms with E-state index in [1.54, 1.807) is 148 Å². The number of aliphatic imine (C=N–C) groups is 2. The number of phenols is 2. The number of nitrogens with one attached hydrogen (secondary N) is 1. The summed E-state index contributed by atoms with van der Waals surface area (Å²) in [5, 5.41) is 30.2. The van der Waals surface area contributed by atoms with Gasteiger partial charge < -0.3 is 51.1 Å². The highest BCUT2D eigenvalue weighted by Crippen LogP contribution is 2.38. The van der Waals surface area contributed by atoms with Crippen LogP contribution in [0.5, 0.6) is 28.7 Å². The summed E-state index contributed by atoms with van der Waals surface area (Å²) in [5.74, 6) is 8.34. The number of fused-ring (bicyclic) bond motifs is 3. The van der Waals surface area contributed by atoms with Crippen LogP contribution in [-0.4, -0.2) is 118 Å². The Morgan fingerprint density at radius 1 is 0.505 bits per heavy atom. The third kappa shape index (κ3) is 21.3. The quantitative estimate of drug-likeness (QED) is 0.0146. The van der Waals surface area contributed by atoms with Crippen LogP contribution in [0.4, 0.5) is 28.4 Å². The second kappa shape index (κ2) is 38.4. The molecule has 0 spiro atoms. The topological polar surface area (TPSA) is 381 Å². The largest absolute Gasteiger partial charge is 0.508 e. The second-order valence-electron chi connectivity index (χ2n) is 18.6. The number of hydrazine groups is 1. The standard InChI is InChI=1S/C15H10ClNO3.C14H8ClNO3.C10H9ClN2O2S.C8H4O3.C7H8ClNO.C6H6ClNO.C4H5NOS2.CH4O.H4N2/c1-20-9-6-7-13(12(16)8-9)17-14(18)10-4-2-3-5-11(10)15(17)19;15-11-7-8(17)5-6-12(11)16-13(18)9-3-1-2-4-10(9)14(16)19;1-15-6-2-3-8(7(11)4-6)12-10-13-9(14)5-16-10;9-7-5-3-1-2-4-6(5)8(10)11-7;1-10-5-2-3-7(9)6(8)4-5;7-5-3-4(9)1-2-6(5)8;1-7-4-5-3(6)2-8-4;2*1-2/h2-8H,1H3;1-7,17H;2-4H,5H2,1H3,(H,12,13,14);1-4H;2-4H,9H2,1H3;1-3,9H,8H2;2H2,1H3;2H,1H3;1-2H2. The van der Waals surface area contributed by atoms with Gasteiger partial charge in [0.25, 0.3) is 29.5 Å². The van der Waals surface area contributed by atoms with Gasteiger partial charge in [-0.25, -0.2) is 24.4 Å². The average molecular weight is 1480 g/mol. The highest BCUT2D eigenvalue weighted by Gasteiger charge is 2.39. The van der Waals surface area contributed by atoms with E-state index in [9.17, 15) is 43.5 Å². The second-order valence-corrected chi connectivity index (χ2v) is 23.6. The number of aliphatic hydroxyl groups excluding tert-OH is 1. The first kappa shape index (κ1) is 78.3. The summed E-state index contributed by atoms with van der Waals surface area (Å²) in [4.78, 5) is 102. The van der Waals surface area contributed by atoms with Crippen molar-refractivity contribution < 1.29 is 72.6 Å². The number of methoxy groups -OCH3 is 3. The number of thioether (sulfide) groups is 3. The number of halogens is 5. The molecule has 5 aliphatic rings. The Balaban J connectivity index is 0.000000207. The minimum Gasteiger partial charge on any atom is -0.508 e. The van der Waals surface area contributed by atoms with Crippen molar-refractivity contribution in [2.75, 3.05) is 67.5 Å². The zero-order valence-electron chi connectivity index (χ0n) is 51.5. The summed E-state index contributed by atoms with van der Waals surface area (Å²) >= 11 is 33.7. The van der Waals surface area contributed by atoms with Crippen molar-refractivity contribution in [3.05, 3.63) is 222 Å². The molecule has 1 fully saturated rings. The summed E-state index contributed by atoms with van der Waals surface area (Å²) in [5.41, 5.74) is 15.3. The lowest BCUT2D eigenvalue weighted by Gasteiger charge is -2.16. The lowest BCUT2D eigenvalue weighted by Crippen LogP contribution is -2.29. The van der Waals surface area contributed by atoms with Crippen molar-refractivity contribution in [1.82, 2.24) is 5.32 Å². The molecular weight excluding hydrogens is 1420 g/mol. The number of carbonyl (C=O) groups is 8. The summed E-state index contributed by atoms with van der Waals surface area (Å²) in [6.45, 7) is 0. The molecular formula is C65H58Cl5N9O15S3. The number of aliphatic hydroxyl groups is 1. The Hall–Kier alpha value is -9.36. The predicted molar refractivity (Wildman–Crippen MR) is 383 cm³/mol. The van der Waals surface area contributed by atoms with Crippen LogP contribution in [0.15, 0.2) is 174 Å². The fraction of sp³-hybridized carbons (Fsp3) is 0.108. The van der Waals surface area contributed by atoms with Gasteiger partial charge in [0.2, 0.25) is 5.91 Å². The molecule has 97 heavy (non-hydrogen) atoms. The molecule has 0 saturated carbocycles. The fourth-order valence-electron chi connectivity index (χ4n) is 8.07. The van der Waals surface area contributed by atoms with E-state index < -0.39 is 23.8 Å².